The fourth-order valence-electron chi connectivity index (χ4n) is 3.45. The lowest BCUT2D eigenvalue weighted by atomic mass is 10.1. The van der Waals surface area contributed by atoms with E-state index in [1.165, 1.54) is 30.3 Å². The number of hydrogen-bond donors (Lipinski definition) is 0. The second-order valence-corrected chi connectivity index (χ2v) is 7.96. The Kier molecular flexibility index (Phi) is 6.74. The van der Waals surface area contributed by atoms with Crippen molar-refractivity contribution in [3.8, 4) is 23.0 Å². The number of halogens is 3. The summed E-state index contributed by atoms with van der Waals surface area (Å²) in [4.78, 5) is 25.5. The van der Waals surface area contributed by atoms with Crippen molar-refractivity contribution in [3.05, 3.63) is 93.3 Å². The van der Waals surface area contributed by atoms with Crippen molar-refractivity contribution < 1.29 is 36.6 Å². The SMILES string of the molecule is CCOc1ccc(C(=O)Oc2ccc3c(=O)c(Oc4cc(C)ccc4C)c(C(F)(F)F)oc3c2)cc1. The third-order valence-electron chi connectivity index (χ3n) is 5.25. The molecule has 1 aromatic heterocycles. The zero-order chi connectivity index (χ0) is 26.0. The van der Waals surface area contributed by atoms with E-state index in [-0.39, 0.29) is 22.4 Å². The van der Waals surface area contributed by atoms with E-state index < -0.39 is 34.7 Å². The summed E-state index contributed by atoms with van der Waals surface area (Å²) >= 11 is 0. The highest BCUT2D eigenvalue weighted by molar-refractivity contribution is 5.91. The van der Waals surface area contributed by atoms with E-state index in [0.29, 0.717) is 17.9 Å². The Bertz CT molecular complexity index is 1490. The van der Waals surface area contributed by atoms with Crippen LogP contribution >= 0.6 is 0 Å². The van der Waals surface area contributed by atoms with Gasteiger partial charge in [-0.1, -0.05) is 12.1 Å². The highest BCUT2D eigenvalue weighted by Crippen LogP contribution is 2.39. The Morgan fingerprint density at radius 2 is 1.64 bits per heavy atom. The fraction of sp³-hybridized carbons (Fsp3) is 0.185. The lowest BCUT2D eigenvalue weighted by Gasteiger charge is -2.15. The third-order valence-corrected chi connectivity index (χ3v) is 5.25. The number of carbonyl (C=O) groups is 1. The average Bonchev–Trinajstić information content (AvgIpc) is 2.83. The minimum atomic E-state index is -5.02. The maximum atomic E-state index is 13.9. The maximum absolute atomic E-state index is 13.9. The van der Waals surface area contributed by atoms with Crippen LogP contribution in [0.1, 0.15) is 34.2 Å². The van der Waals surface area contributed by atoms with Gasteiger partial charge in [0, 0.05) is 6.07 Å². The second-order valence-electron chi connectivity index (χ2n) is 7.96. The topological polar surface area (TPSA) is 75.0 Å². The number of benzene rings is 3. The maximum Gasteiger partial charge on any atom is 0.453 e. The molecule has 4 rings (SSSR count). The van der Waals surface area contributed by atoms with Gasteiger partial charge in [0.25, 0.3) is 5.76 Å². The Labute approximate surface area is 203 Å². The first kappa shape index (κ1) is 24.8. The zero-order valence-electron chi connectivity index (χ0n) is 19.6. The number of ether oxygens (including phenoxy) is 3. The molecule has 0 saturated carbocycles. The molecule has 0 fully saturated rings. The second kappa shape index (κ2) is 9.77. The molecular weight excluding hydrogens is 477 g/mol. The van der Waals surface area contributed by atoms with E-state index in [4.69, 9.17) is 18.6 Å². The molecule has 1 heterocycles. The summed E-state index contributed by atoms with van der Waals surface area (Å²) in [6.45, 7) is 5.68. The molecule has 0 bridgehead atoms. The summed E-state index contributed by atoms with van der Waals surface area (Å²) < 4.78 is 62.7. The quantitative estimate of drug-likeness (QED) is 0.214. The van der Waals surface area contributed by atoms with E-state index in [1.807, 2.05) is 6.92 Å². The molecule has 0 aliphatic rings. The number of esters is 1. The Morgan fingerprint density at radius 1 is 0.944 bits per heavy atom. The number of hydrogen-bond acceptors (Lipinski definition) is 6. The van der Waals surface area contributed by atoms with E-state index >= 15 is 0 Å². The van der Waals surface area contributed by atoms with Crippen LogP contribution < -0.4 is 19.6 Å². The number of aryl methyl sites for hydroxylation is 2. The van der Waals surface area contributed by atoms with Crippen molar-refractivity contribution in [1.29, 1.82) is 0 Å². The first-order valence-electron chi connectivity index (χ1n) is 10.9. The largest absolute Gasteiger partial charge is 0.494 e. The van der Waals surface area contributed by atoms with Crippen LogP contribution in [-0.4, -0.2) is 12.6 Å². The van der Waals surface area contributed by atoms with Crippen LogP contribution in [-0.2, 0) is 6.18 Å². The van der Waals surface area contributed by atoms with Crippen LogP contribution in [0.2, 0.25) is 0 Å². The molecular formula is C27H21F3O6. The van der Waals surface area contributed by atoms with Crippen LogP contribution in [0.25, 0.3) is 11.0 Å². The highest BCUT2D eigenvalue weighted by Gasteiger charge is 2.40. The summed E-state index contributed by atoms with van der Waals surface area (Å²) in [5.74, 6) is -2.72. The van der Waals surface area contributed by atoms with Gasteiger partial charge in [-0.25, -0.2) is 4.79 Å². The molecule has 0 radical (unpaired) electrons. The predicted octanol–water partition coefficient (Wildman–Crippen LogP) is 6.84. The molecule has 0 unspecified atom stereocenters. The predicted molar refractivity (Wildman–Crippen MR) is 126 cm³/mol. The Balaban J connectivity index is 1.71. The van der Waals surface area contributed by atoms with Crippen LogP contribution in [0.15, 0.2) is 69.9 Å². The van der Waals surface area contributed by atoms with Gasteiger partial charge in [0.15, 0.2) is 0 Å². The molecule has 0 spiro atoms. The number of rotatable bonds is 6. The molecule has 9 heteroatoms. The monoisotopic (exact) mass is 498 g/mol. The Hall–Kier alpha value is -4.27. The first-order valence-corrected chi connectivity index (χ1v) is 10.9. The minimum Gasteiger partial charge on any atom is -0.494 e. The third kappa shape index (κ3) is 5.19. The van der Waals surface area contributed by atoms with Crippen LogP contribution in [0.5, 0.6) is 23.0 Å². The van der Waals surface area contributed by atoms with Crippen molar-refractivity contribution in [2.24, 2.45) is 0 Å². The molecule has 186 valence electrons. The summed E-state index contributed by atoms with van der Waals surface area (Å²) in [6.07, 6.45) is -5.02. The number of carbonyl (C=O) groups excluding carboxylic acids is 1. The fourth-order valence-corrected chi connectivity index (χ4v) is 3.45. The van der Waals surface area contributed by atoms with Crippen molar-refractivity contribution in [2.75, 3.05) is 6.61 Å². The molecule has 4 aromatic rings. The zero-order valence-corrected chi connectivity index (χ0v) is 19.6. The lowest BCUT2D eigenvalue weighted by molar-refractivity contribution is -0.154. The lowest BCUT2D eigenvalue weighted by Crippen LogP contribution is -2.16. The molecule has 0 aliphatic heterocycles. The van der Waals surface area contributed by atoms with Crippen molar-refractivity contribution in [2.45, 2.75) is 26.9 Å². The van der Waals surface area contributed by atoms with Crippen molar-refractivity contribution >= 4 is 16.9 Å². The van der Waals surface area contributed by atoms with E-state index in [1.54, 1.807) is 38.1 Å². The first-order chi connectivity index (χ1) is 17.1. The van der Waals surface area contributed by atoms with Gasteiger partial charge >= 0.3 is 12.1 Å². The van der Waals surface area contributed by atoms with Gasteiger partial charge in [0.1, 0.15) is 22.8 Å². The van der Waals surface area contributed by atoms with Gasteiger partial charge in [0.2, 0.25) is 11.2 Å². The summed E-state index contributed by atoms with van der Waals surface area (Å²) in [5, 5.41) is -0.163. The van der Waals surface area contributed by atoms with Gasteiger partial charge in [-0.15, -0.1) is 0 Å². The van der Waals surface area contributed by atoms with Gasteiger partial charge in [-0.3, -0.25) is 4.79 Å². The Morgan fingerprint density at radius 3 is 2.31 bits per heavy atom. The molecule has 0 amide bonds. The molecule has 0 saturated heterocycles. The number of alkyl halides is 3. The minimum absolute atomic E-state index is 0.0964. The normalized spacial score (nSPS) is 11.4. The van der Waals surface area contributed by atoms with E-state index in [9.17, 15) is 22.8 Å². The van der Waals surface area contributed by atoms with Gasteiger partial charge < -0.3 is 18.6 Å². The molecule has 0 atom stereocenters. The van der Waals surface area contributed by atoms with Crippen LogP contribution in [0.4, 0.5) is 13.2 Å². The van der Waals surface area contributed by atoms with Crippen molar-refractivity contribution in [3.63, 3.8) is 0 Å². The van der Waals surface area contributed by atoms with Gasteiger partial charge in [-0.05, 0) is 74.4 Å². The van der Waals surface area contributed by atoms with Crippen LogP contribution in [0.3, 0.4) is 0 Å². The molecule has 0 aliphatic carbocycles. The highest BCUT2D eigenvalue weighted by atomic mass is 19.4. The average molecular weight is 498 g/mol. The molecule has 6 nitrogen and oxygen atoms in total. The van der Waals surface area contributed by atoms with Gasteiger partial charge in [-0.2, -0.15) is 13.2 Å². The van der Waals surface area contributed by atoms with Crippen LogP contribution in [0, 0.1) is 13.8 Å². The van der Waals surface area contributed by atoms with E-state index in [0.717, 1.165) is 11.6 Å². The molecule has 3 aromatic carbocycles. The summed E-state index contributed by atoms with van der Waals surface area (Å²) in [6, 6.07) is 14.7. The van der Waals surface area contributed by atoms with E-state index in [2.05, 4.69) is 0 Å². The standard InChI is InChI=1S/C27H21F3O6/c1-4-33-18-9-7-17(8-10-18)26(32)34-19-11-12-20-22(14-19)36-25(27(28,29)30)24(23(20)31)35-21-13-15(2)5-6-16(21)3/h5-14H,4H2,1-3H3. The molecule has 0 N–H and O–H groups in total. The van der Waals surface area contributed by atoms with Gasteiger partial charge in [0.05, 0.1) is 17.6 Å². The summed E-state index contributed by atoms with van der Waals surface area (Å²) in [5.41, 5.74) is 0.0813. The smallest absolute Gasteiger partial charge is 0.453 e. The summed E-state index contributed by atoms with van der Waals surface area (Å²) in [7, 11) is 0. The molecule has 36 heavy (non-hydrogen) atoms. The van der Waals surface area contributed by atoms with Crippen molar-refractivity contribution in [1.82, 2.24) is 0 Å². The number of fused-ring (bicyclic) bond motifs is 1.